The summed E-state index contributed by atoms with van der Waals surface area (Å²) in [5.41, 5.74) is 4.81. The van der Waals surface area contributed by atoms with E-state index in [2.05, 4.69) is 10.2 Å². The molecule has 1 amide bonds. The highest BCUT2D eigenvalue weighted by Gasteiger charge is 2.20. The van der Waals surface area contributed by atoms with Crippen molar-refractivity contribution in [1.82, 2.24) is 10.2 Å². The SMILES string of the molecule is NC(=O)c1c(F)ccc(OCc2nnc(-c3ccccc3)o2)c1F. The van der Waals surface area contributed by atoms with Crippen LogP contribution in [0.15, 0.2) is 46.9 Å². The topological polar surface area (TPSA) is 91.2 Å². The first kappa shape index (κ1) is 15.6. The summed E-state index contributed by atoms with van der Waals surface area (Å²) in [7, 11) is 0. The summed E-state index contributed by atoms with van der Waals surface area (Å²) in [6.07, 6.45) is 0. The normalized spacial score (nSPS) is 10.6. The number of benzene rings is 2. The minimum absolute atomic E-state index is 0.0956. The molecule has 122 valence electrons. The van der Waals surface area contributed by atoms with Gasteiger partial charge in [-0.1, -0.05) is 18.2 Å². The lowest BCUT2D eigenvalue weighted by atomic mass is 10.1. The second-order valence-corrected chi connectivity index (χ2v) is 4.75. The average Bonchev–Trinajstić information content (AvgIpc) is 3.04. The molecule has 0 saturated carbocycles. The zero-order chi connectivity index (χ0) is 17.1. The number of ether oxygens (including phenoxy) is 1. The number of aromatic nitrogens is 2. The summed E-state index contributed by atoms with van der Waals surface area (Å²) in [5.74, 6) is -3.42. The highest BCUT2D eigenvalue weighted by molar-refractivity contribution is 5.93. The summed E-state index contributed by atoms with van der Waals surface area (Å²) in [4.78, 5) is 11.1. The van der Waals surface area contributed by atoms with Gasteiger partial charge in [0.1, 0.15) is 11.4 Å². The molecule has 0 atom stereocenters. The van der Waals surface area contributed by atoms with Crippen LogP contribution in [-0.2, 0) is 6.61 Å². The smallest absolute Gasteiger partial charge is 0.254 e. The van der Waals surface area contributed by atoms with E-state index in [-0.39, 0.29) is 24.1 Å². The first-order valence-corrected chi connectivity index (χ1v) is 6.84. The Hall–Kier alpha value is -3.29. The molecule has 0 saturated heterocycles. The van der Waals surface area contributed by atoms with Crippen LogP contribution < -0.4 is 10.5 Å². The molecule has 3 rings (SSSR count). The van der Waals surface area contributed by atoms with E-state index in [9.17, 15) is 13.6 Å². The Balaban J connectivity index is 1.76. The van der Waals surface area contributed by atoms with Crippen molar-refractivity contribution < 1.29 is 22.7 Å². The van der Waals surface area contributed by atoms with Crippen molar-refractivity contribution in [3.8, 4) is 17.2 Å². The van der Waals surface area contributed by atoms with Gasteiger partial charge in [-0.25, -0.2) is 8.78 Å². The molecule has 0 aliphatic rings. The van der Waals surface area contributed by atoms with Crippen LogP contribution in [0, 0.1) is 11.6 Å². The first-order chi connectivity index (χ1) is 11.6. The largest absolute Gasteiger partial charge is 0.481 e. The number of hydrogen-bond acceptors (Lipinski definition) is 5. The van der Waals surface area contributed by atoms with Crippen molar-refractivity contribution in [2.45, 2.75) is 6.61 Å². The number of amides is 1. The Labute approximate surface area is 134 Å². The van der Waals surface area contributed by atoms with E-state index < -0.39 is 23.1 Å². The molecular weight excluding hydrogens is 320 g/mol. The number of carbonyl (C=O) groups is 1. The fraction of sp³-hybridized carbons (Fsp3) is 0.0625. The van der Waals surface area contributed by atoms with Crippen molar-refractivity contribution in [2.75, 3.05) is 0 Å². The van der Waals surface area contributed by atoms with Crippen LogP contribution in [0.3, 0.4) is 0 Å². The van der Waals surface area contributed by atoms with E-state index in [1.54, 1.807) is 12.1 Å². The molecule has 0 aliphatic heterocycles. The predicted octanol–water partition coefficient (Wildman–Crippen LogP) is 2.69. The van der Waals surface area contributed by atoms with Crippen LogP contribution in [0.1, 0.15) is 16.2 Å². The highest BCUT2D eigenvalue weighted by atomic mass is 19.1. The molecular formula is C16H11F2N3O3. The number of rotatable bonds is 5. The fourth-order valence-electron chi connectivity index (χ4n) is 2.02. The third-order valence-electron chi connectivity index (χ3n) is 3.14. The zero-order valence-corrected chi connectivity index (χ0v) is 12.2. The fourth-order valence-corrected chi connectivity index (χ4v) is 2.02. The van der Waals surface area contributed by atoms with Crippen molar-refractivity contribution in [3.63, 3.8) is 0 Å². The minimum Gasteiger partial charge on any atom is -0.481 e. The summed E-state index contributed by atoms with van der Waals surface area (Å²) in [6, 6.07) is 11.0. The number of halogens is 2. The van der Waals surface area contributed by atoms with Gasteiger partial charge < -0.3 is 14.9 Å². The predicted molar refractivity (Wildman–Crippen MR) is 78.9 cm³/mol. The lowest BCUT2D eigenvalue weighted by Crippen LogP contribution is -2.16. The molecule has 0 bridgehead atoms. The molecule has 1 aromatic heterocycles. The van der Waals surface area contributed by atoms with Gasteiger partial charge in [-0.05, 0) is 24.3 Å². The summed E-state index contributed by atoms with van der Waals surface area (Å²) in [5, 5.41) is 7.64. The Morgan fingerprint density at radius 1 is 1.12 bits per heavy atom. The lowest BCUT2D eigenvalue weighted by molar-refractivity contribution is 0.0991. The maximum absolute atomic E-state index is 14.0. The van der Waals surface area contributed by atoms with Crippen LogP contribution in [0.2, 0.25) is 0 Å². The van der Waals surface area contributed by atoms with Crippen LogP contribution in [-0.4, -0.2) is 16.1 Å². The summed E-state index contributed by atoms with van der Waals surface area (Å²) < 4.78 is 38.0. The Morgan fingerprint density at radius 2 is 1.88 bits per heavy atom. The van der Waals surface area contributed by atoms with Crippen molar-refractivity contribution in [3.05, 3.63) is 65.6 Å². The number of nitrogens with two attached hydrogens (primary N) is 1. The van der Waals surface area contributed by atoms with Crippen LogP contribution in [0.5, 0.6) is 5.75 Å². The molecule has 1 heterocycles. The van der Waals surface area contributed by atoms with Crippen molar-refractivity contribution >= 4 is 5.91 Å². The van der Waals surface area contributed by atoms with Gasteiger partial charge in [-0.3, -0.25) is 4.79 Å². The molecule has 0 aliphatic carbocycles. The van der Waals surface area contributed by atoms with Crippen LogP contribution in [0.4, 0.5) is 8.78 Å². The monoisotopic (exact) mass is 331 g/mol. The Morgan fingerprint density at radius 3 is 2.58 bits per heavy atom. The number of hydrogen-bond donors (Lipinski definition) is 1. The van der Waals surface area contributed by atoms with E-state index >= 15 is 0 Å². The Bertz CT molecular complexity index is 882. The molecule has 2 N–H and O–H groups in total. The molecule has 0 spiro atoms. The molecule has 0 fully saturated rings. The van der Waals surface area contributed by atoms with E-state index in [0.29, 0.717) is 0 Å². The molecule has 8 heteroatoms. The van der Waals surface area contributed by atoms with Gasteiger partial charge in [-0.15, -0.1) is 10.2 Å². The van der Waals surface area contributed by atoms with E-state index in [1.165, 1.54) is 0 Å². The summed E-state index contributed by atoms with van der Waals surface area (Å²) in [6.45, 7) is -0.249. The maximum Gasteiger partial charge on any atom is 0.254 e. The molecule has 2 aromatic carbocycles. The van der Waals surface area contributed by atoms with Gasteiger partial charge in [0.05, 0.1) is 0 Å². The van der Waals surface area contributed by atoms with Gasteiger partial charge in [-0.2, -0.15) is 0 Å². The standard InChI is InChI=1S/C16H11F2N3O3/c17-10-6-7-11(14(18)13(10)15(19)22)23-8-12-20-21-16(24-12)9-4-2-1-3-5-9/h1-7H,8H2,(H2,19,22). The van der Waals surface area contributed by atoms with Crippen molar-refractivity contribution in [2.24, 2.45) is 5.73 Å². The number of nitrogens with zero attached hydrogens (tertiary/aromatic N) is 2. The number of primary amides is 1. The maximum atomic E-state index is 14.0. The highest BCUT2D eigenvalue weighted by Crippen LogP contribution is 2.24. The van der Waals surface area contributed by atoms with Gasteiger partial charge in [0.25, 0.3) is 11.8 Å². The molecule has 24 heavy (non-hydrogen) atoms. The zero-order valence-electron chi connectivity index (χ0n) is 12.2. The second kappa shape index (κ2) is 6.45. The van der Waals surface area contributed by atoms with Gasteiger partial charge in [0.2, 0.25) is 5.89 Å². The van der Waals surface area contributed by atoms with E-state index in [0.717, 1.165) is 17.7 Å². The van der Waals surface area contributed by atoms with Crippen LogP contribution in [0.25, 0.3) is 11.5 Å². The lowest BCUT2D eigenvalue weighted by Gasteiger charge is -2.07. The minimum atomic E-state index is -1.22. The van der Waals surface area contributed by atoms with Gasteiger partial charge in [0.15, 0.2) is 18.2 Å². The van der Waals surface area contributed by atoms with E-state index in [1.807, 2.05) is 18.2 Å². The number of carbonyl (C=O) groups excluding carboxylic acids is 1. The third kappa shape index (κ3) is 3.07. The first-order valence-electron chi connectivity index (χ1n) is 6.84. The second-order valence-electron chi connectivity index (χ2n) is 4.75. The molecule has 0 unspecified atom stereocenters. The summed E-state index contributed by atoms with van der Waals surface area (Å²) >= 11 is 0. The molecule has 0 radical (unpaired) electrons. The third-order valence-corrected chi connectivity index (χ3v) is 3.14. The quantitative estimate of drug-likeness (QED) is 0.776. The van der Waals surface area contributed by atoms with E-state index in [4.69, 9.17) is 14.9 Å². The Kier molecular flexibility index (Phi) is 4.19. The van der Waals surface area contributed by atoms with Gasteiger partial charge in [0, 0.05) is 5.56 Å². The van der Waals surface area contributed by atoms with Gasteiger partial charge >= 0.3 is 0 Å². The molecule has 6 nitrogen and oxygen atoms in total. The average molecular weight is 331 g/mol. The van der Waals surface area contributed by atoms with Crippen LogP contribution >= 0.6 is 0 Å². The molecule has 3 aromatic rings. The van der Waals surface area contributed by atoms with Crippen molar-refractivity contribution in [1.29, 1.82) is 0 Å².